The highest BCUT2D eigenvalue weighted by Gasteiger charge is 2.27. The highest BCUT2D eigenvalue weighted by molar-refractivity contribution is 5.95. The smallest absolute Gasteiger partial charge is 0.251 e. The highest BCUT2D eigenvalue weighted by atomic mass is 16.1. The van der Waals surface area contributed by atoms with E-state index >= 15 is 0 Å². The minimum atomic E-state index is 0.0893. The Balaban J connectivity index is 1.97. The van der Waals surface area contributed by atoms with Crippen LogP contribution in [-0.4, -0.2) is 25.5 Å². The summed E-state index contributed by atoms with van der Waals surface area (Å²) in [6, 6.07) is 8.28. The van der Waals surface area contributed by atoms with Gasteiger partial charge in [-0.2, -0.15) is 0 Å². The molecule has 1 fully saturated rings. The number of benzene rings is 1. The summed E-state index contributed by atoms with van der Waals surface area (Å²) in [6.07, 6.45) is 5.46. The zero-order chi connectivity index (χ0) is 15.3. The first-order valence-electron chi connectivity index (χ1n) is 8.05. The van der Waals surface area contributed by atoms with E-state index in [2.05, 4.69) is 30.5 Å². The summed E-state index contributed by atoms with van der Waals surface area (Å²) in [5.41, 5.74) is 2.39. The minimum Gasteiger partial charge on any atom is -0.349 e. The van der Waals surface area contributed by atoms with Crippen molar-refractivity contribution in [1.29, 1.82) is 0 Å². The van der Waals surface area contributed by atoms with Crippen LogP contribution in [0.1, 0.15) is 55.5 Å². The molecule has 0 heterocycles. The summed E-state index contributed by atoms with van der Waals surface area (Å²) in [5.74, 6) is 0.0893. The molecule has 116 valence electrons. The third-order valence-corrected chi connectivity index (χ3v) is 4.58. The number of carbonyl (C=O) groups excluding carboxylic acids is 1. The fourth-order valence-electron chi connectivity index (χ4n) is 3.03. The molecule has 0 spiro atoms. The third-order valence-electron chi connectivity index (χ3n) is 4.58. The molecule has 1 aliphatic rings. The molecular formula is C18H28N2O. The number of hydrogen-bond donors (Lipinski definition) is 2. The standard InChI is InChI=1S/C18H28N2O/c1-18(2)11-8-15(9-12-18)20-17(21)16-7-5-4-6-14(16)10-13-19-3/h4-7,15,19H,8-13H2,1-3H3,(H,20,21). The van der Waals surface area contributed by atoms with E-state index in [4.69, 9.17) is 0 Å². The van der Waals surface area contributed by atoms with Gasteiger partial charge in [-0.3, -0.25) is 4.79 Å². The second kappa shape index (κ2) is 7.08. The van der Waals surface area contributed by atoms with Crippen LogP contribution in [-0.2, 0) is 6.42 Å². The van der Waals surface area contributed by atoms with Crippen molar-refractivity contribution in [2.45, 2.75) is 52.0 Å². The van der Waals surface area contributed by atoms with E-state index in [-0.39, 0.29) is 5.91 Å². The Morgan fingerprint density at radius 1 is 1.24 bits per heavy atom. The summed E-state index contributed by atoms with van der Waals surface area (Å²) in [6.45, 7) is 5.53. The average Bonchev–Trinajstić information content (AvgIpc) is 2.47. The summed E-state index contributed by atoms with van der Waals surface area (Å²) >= 11 is 0. The van der Waals surface area contributed by atoms with Crippen molar-refractivity contribution >= 4 is 5.91 Å². The lowest BCUT2D eigenvalue weighted by Crippen LogP contribution is -2.39. The molecule has 0 bridgehead atoms. The number of amides is 1. The summed E-state index contributed by atoms with van der Waals surface area (Å²) < 4.78 is 0. The van der Waals surface area contributed by atoms with E-state index in [1.807, 2.05) is 25.2 Å². The van der Waals surface area contributed by atoms with Crippen LogP contribution in [0.4, 0.5) is 0 Å². The number of nitrogens with one attached hydrogen (secondary N) is 2. The van der Waals surface area contributed by atoms with E-state index in [1.54, 1.807) is 0 Å². The Bertz CT molecular complexity index is 472. The van der Waals surface area contributed by atoms with E-state index in [0.29, 0.717) is 11.5 Å². The van der Waals surface area contributed by atoms with Crippen LogP contribution in [0.3, 0.4) is 0 Å². The van der Waals surface area contributed by atoms with Gasteiger partial charge in [0.25, 0.3) is 5.91 Å². The monoisotopic (exact) mass is 288 g/mol. The Morgan fingerprint density at radius 2 is 1.90 bits per heavy atom. The molecule has 0 aliphatic heterocycles. The van der Waals surface area contributed by atoms with E-state index in [9.17, 15) is 4.79 Å². The molecule has 0 unspecified atom stereocenters. The van der Waals surface area contributed by atoms with Crippen LogP contribution in [0.25, 0.3) is 0 Å². The molecule has 1 saturated carbocycles. The third kappa shape index (κ3) is 4.57. The number of carbonyl (C=O) groups is 1. The SMILES string of the molecule is CNCCc1ccccc1C(=O)NC1CCC(C)(C)CC1. The number of hydrogen-bond acceptors (Lipinski definition) is 2. The maximum absolute atomic E-state index is 12.5. The number of likely N-dealkylation sites (N-methyl/N-ethyl adjacent to an activating group) is 1. The highest BCUT2D eigenvalue weighted by Crippen LogP contribution is 2.35. The first-order valence-corrected chi connectivity index (χ1v) is 8.05. The van der Waals surface area contributed by atoms with Gasteiger partial charge in [0.05, 0.1) is 0 Å². The van der Waals surface area contributed by atoms with Gasteiger partial charge >= 0.3 is 0 Å². The molecule has 1 aromatic rings. The molecule has 0 saturated heterocycles. The maximum atomic E-state index is 12.5. The van der Waals surface area contributed by atoms with Crippen molar-refractivity contribution in [2.24, 2.45) is 5.41 Å². The van der Waals surface area contributed by atoms with Crippen molar-refractivity contribution in [1.82, 2.24) is 10.6 Å². The topological polar surface area (TPSA) is 41.1 Å². The summed E-state index contributed by atoms with van der Waals surface area (Å²) in [5, 5.41) is 6.37. The van der Waals surface area contributed by atoms with Gasteiger partial charge in [0.2, 0.25) is 0 Å². The zero-order valence-electron chi connectivity index (χ0n) is 13.5. The van der Waals surface area contributed by atoms with Crippen molar-refractivity contribution in [2.75, 3.05) is 13.6 Å². The van der Waals surface area contributed by atoms with Gasteiger partial charge in [-0.05, 0) is 62.7 Å². The molecule has 0 atom stereocenters. The Labute approximate surface area is 128 Å². The van der Waals surface area contributed by atoms with Crippen LogP contribution in [0.5, 0.6) is 0 Å². The zero-order valence-corrected chi connectivity index (χ0v) is 13.5. The predicted octanol–water partition coefficient (Wildman–Crippen LogP) is 3.15. The van der Waals surface area contributed by atoms with Crippen molar-refractivity contribution in [3.8, 4) is 0 Å². The van der Waals surface area contributed by atoms with Gasteiger partial charge in [-0.25, -0.2) is 0 Å². The average molecular weight is 288 g/mol. The van der Waals surface area contributed by atoms with E-state index in [0.717, 1.165) is 36.9 Å². The minimum absolute atomic E-state index is 0.0893. The lowest BCUT2D eigenvalue weighted by molar-refractivity contribution is 0.0908. The molecular weight excluding hydrogens is 260 g/mol. The fraction of sp³-hybridized carbons (Fsp3) is 0.611. The lowest BCUT2D eigenvalue weighted by Gasteiger charge is -2.34. The van der Waals surface area contributed by atoms with Crippen LogP contribution >= 0.6 is 0 Å². The van der Waals surface area contributed by atoms with Crippen molar-refractivity contribution in [3.63, 3.8) is 0 Å². The molecule has 0 aromatic heterocycles. The molecule has 3 nitrogen and oxygen atoms in total. The molecule has 1 aromatic carbocycles. The van der Waals surface area contributed by atoms with Crippen molar-refractivity contribution < 1.29 is 4.79 Å². The lowest BCUT2D eigenvalue weighted by atomic mass is 9.75. The van der Waals surface area contributed by atoms with Gasteiger partial charge in [0, 0.05) is 11.6 Å². The molecule has 3 heteroatoms. The molecule has 21 heavy (non-hydrogen) atoms. The van der Waals surface area contributed by atoms with Crippen LogP contribution < -0.4 is 10.6 Å². The second-order valence-corrected chi connectivity index (χ2v) is 6.92. The molecule has 0 radical (unpaired) electrons. The van der Waals surface area contributed by atoms with Crippen molar-refractivity contribution in [3.05, 3.63) is 35.4 Å². The Hall–Kier alpha value is -1.35. The van der Waals surface area contributed by atoms with Gasteiger partial charge in [-0.15, -0.1) is 0 Å². The van der Waals surface area contributed by atoms with Crippen LogP contribution in [0.2, 0.25) is 0 Å². The van der Waals surface area contributed by atoms with E-state index in [1.165, 1.54) is 12.8 Å². The quantitative estimate of drug-likeness (QED) is 0.874. The van der Waals surface area contributed by atoms with Crippen LogP contribution in [0, 0.1) is 5.41 Å². The summed E-state index contributed by atoms with van der Waals surface area (Å²) in [7, 11) is 1.94. The summed E-state index contributed by atoms with van der Waals surface area (Å²) in [4.78, 5) is 12.5. The van der Waals surface area contributed by atoms with E-state index < -0.39 is 0 Å². The van der Waals surface area contributed by atoms with Gasteiger partial charge in [0.15, 0.2) is 0 Å². The maximum Gasteiger partial charge on any atom is 0.251 e. The second-order valence-electron chi connectivity index (χ2n) is 6.92. The Kier molecular flexibility index (Phi) is 5.40. The van der Waals surface area contributed by atoms with Gasteiger partial charge in [-0.1, -0.05) is 32.0 Å². The van der Waals surface area contributed by atoms with Gasteiger partial charge < -0.3 is 10.6 Å². The molecule has 2 N–H and O–H groups in total. The molecule has 2 rings (SSSR count). The first-order chi connectivity index (χ1) is 10.0. The van der Waals surface area contributed by atoms with Crippen LogP contribution in [0.15, 0.2) is 24.3 Å². The normalized spacial score (nSPS) is 18.4. The fourth-order valence-corrected chi connectivity index (χ4v) is 3.03. The number of rotatable bonds is 5. The largest absolute Gasteiger partial charge is 0.349 e. The molecule has 1 aliphatic carbocycles. The molecule has 1 amide bonds. The first kappa shape index (κ1) is 16.0. The Morgan fingerprint density at radius 3 is 2.57 bits per heavy atom. The predicted molar refractivity (Wildman–Crippen MR) is 87.6 cm³/mol. The van der Waals surface area contributed by atoms with Gasteiger partial charge in [0.1, 0.15) is 0 Å².